The van der Waals surface area contributed by atoms with Crippen LogP contribution < -0.4 is 0 Å². The summed E-state index contributed by atoms with van der Waals surface area (Å²) >= 11 is 0. The van der Waals surface area contributed by atoms with Gasteiger partial charge in [0.2, 0.25) is 0 Å². The highest BCUT2D eigenvalue weighted by molar-refractivity contribution is 5.59. The number of oxazole rings is 1. The van der Waals surface area contributed by atoms with E-state index in [1.54, 1.807) is 35.0 Å². The summed E-state index contributed by atoms with van der Waals surface area (Å²) in [6.07, 6.45) is 0.197. The molecule has 4 heterocycles. The zero-order chi connectivity index (χ0) is 28.0. The van der Waals surface area contributed by atoms with Crippen LogP contribution in [0.4, 0.5) is 13.2 Å². The number of ether oxygens (including phenoxy) is 1. The maximum Gasteiger partial charge on any atom is 0.194 e. The molecule has 2 aromatic carbocycles. The molecule has 0 aliphatic carbocycles. The van der Waals surface area contributed by atoms with Crippen molar-refractivity contribution in [1.82, 2.24) is 34.7 Å². The molecular weight excluding hydrogens is 535 g/mol. The van der Waals surface area contributed by atoms with Crippen molar-refractivity contribution in [2.75, 3.05) is 6.61 Å². The van der Waals surface area contributed by atoms with Gasteiger partial charge in [-0.05, 0) is 36.4 Å². The Balaban J connectivity index is 1.33. The van der Waals surface area contributed by atoms with Gasteiger partial charge in [0, 0.05) is 16.8 Å². The summed E-state index contributed by atoms with van der Waals surface area (Å²) in [7, 11) is 0. The zero-order valence-electron chi connectivity index (χ0n) is 20.3. The number of hydrogen-bond acceptors (Lipinski definition) is 10. The van der Waals surface area contributed by atoms with E-state index in [1.807, 2.05) is 0 Å². The zero-order valence-corrected chi connectivity index (χ0v) is 20.3. The third-order valence-electron chi connectivity index (χ3n) is 6.68. The number of rotatable bonds is 6. The van der Waals surface area contributed by atoms with Crippen molar-refractivity contribution in [2.24, 2.45) is 0 Å². The lowest BCUT2D eigenvalue weighted by Crippen LogP contribution is -2.53. The minimum Gasteiger partial charge on any atom is -0.444 e. The van der Waals surface area contributed by atoms with Gasteiger partial charge in [0.15, 0.2) is 35.4 Å². The van der Waals surface area contributed by atoms with Gasteiger partial charge >= 0.3 is 0 Å². The summed E-state index contributed by atoms with van der Waals surface area (Å²) < 4.78 is 54.8. The smallest absolute Gasteiger partial charge is 0.194 e. The van der Waals surface area contributed by atoms with Crippen LogP contribution in [0.2, 0.25) is 0 Å². The molecule has 0 spiro atoms. The first-order chi connectivity index (χ1) is 19.4. The molecule has 1 saturated heterocycles. The molecule has 0 saturated carbocycles. The number of halogens is 3. The molecule has 0 radical (unpaired) electrons. The molecule has 0 amide bonds. The quantitative estimate of drug-likeness (QED) is 0.265. The standard InChI is InChI=1S/C25H20F3N7O5/c26-15-5-13(6-16(27)20(15)28)17-8-35(33-31-17)21-22(37)19(9-36)40-24(23(21)38)25-32-30-10-34(25)14-3-1-12(2-4-14)18-7-29-11-39-18/h1-8,10-11,19,21-24,36-38H,9H2/t19-,21+,22+,23-,24-/m1/s1. The molecule has 40 heavy (non-hydrogen) atoms. The molecule has 206 valence electrons. The van der Waals surface area contributed by atoms with Gasteiger partial charge in [0.25, 0.3) is 0 Å². The number of aromatic nitrogens is 7. The van der Waals surface area contributed by atoms with Gasteiger partial charge in [-0.15, -0.1) is 15.3 Å². The van der Waals surface area contributed by atoms with Gasteiger partial charge in [-0.1, -0.05) is 5.21 Å². The largest absolute Gasteiger partial charge is 0.444 e. The van der Waals surface area contributed by atoms with E-state index in [1.165, 1.54) is 18.9 Å². The lowest BCUT2D eigenvalue weighted by atomic mass is 9.92. The molecular formula is C25H20F3N7O5. The third kappa shape index (κ3) is 4.44. The molecule has 12 nitrogen and oxygen atoms in total. The van der Waals surface area contributed by atoms with Crippen LogP contribution in [0.15, 0.2) is 65.9 Å². The highest BCUT2D eigenvalue weighted by Gasteiger charge is 2.48. The van der Waals surface area contributed by atoms with Crippen LogP contribution >= 0.6 is 0 Å². The normalized spacial score (nSPS) is 23.0. The summed E-state index contributed by atoms with van der Waals surface area (Å²) in [5, 5.41) is 48.0. The minimum atomic E-state index is -1.63. The summed E-state index contributed by atoms with van der Waals surface area (Å²) in [6.45, 7) is -0.614. The summed E-state index contributed by atoms with van der Waals surface area (Å²) in [4.78, 5) is 3.90. The van der Waals surface area contributed by atoms with E-state index in [4.69, 9.17) is 9.15 Å². The molecule has 1 aliphatic heterocycles. The summed E-state index contributed by atoms with van der Waals surface area (Å²) in [6, 6.07) is 7.38. The van der Waals surface area contributed by atoms with Crippen LogP contribution in [-0.2, 0) is 4.74 Å². The van der Waals surface area contributed by atoms with Crippen molar-refractivity contribution in [1.29, 1.82) is 0 Å². The number of hydrogen-bond donors (Lipinski definition) is 3. The van der Waals surface area contributed by atoms with Crippen molar-refractivity contribution < 1.29 is 37.6 Å². The summed E-state index contributed by atoms with van der Waals surface area (Å²) in [5.41, 5.74) is 1.24. The minimum absolute atomic E-state index is 0.0456. The first-order valence-corrected chi connectivity index (χ1v) is 11.9. The van der Waals surface area contributed by atoms with E-state index < -0.39 is 54.5 Å². The van der Waals surface area contributed by atoms with Crippen molar-refractivity contribution in [3.63, 3.8) is 0 Å². The van der Waals surface area contributed by atoms with Crippen LogP contribution in [0.3, 0.4) is 0 Å². The van der Waals surface area contributed by atoms with Crippen LogP contribution in [0.25, 0.3) is 28.3 Å². The van der Waals surface area contributed by atoms with Gasteiger partial charge in [-0.3, -0.25) is 4.57 Å². The Morgan fingerprint density at radius 3 is 2.38 bits per heavy atom. The second-order valence-electron chi connectivity index (χ2n) is 9.06. The van der Waals surface area contributed by atoms with Crippen LogP contribution in [0.5, 0.6) is 0 Å². The lowest BCUT2D eigenvalue weighted by Gasteiger charge is -2.41. The van der Waals surface area contributed by atoms with E-state index in [0.29, 0.717) is 11.4 Å². The Morgan fingerprint density at radius 1 is 0.950 bits per heavy atom. The predicted molar refractivity (Wildman–Crippen MR) is 128 cm³/mol. The summed E-state index contributed by atoms with van der Waals surface area (Å²) in [5.74, 6) is -3.72. The van der Waals surface area contributed by atoms with Gasteiger partial charge in [0.1, 0.15) is 42.5 Å². The van der Waals surface area contributed by atoms with E-state index in [9.17, 15) is 28.5 Å². The highest BCUT2D eigenvalue weighted by Crippen LogP contribution is 2.38. The lowest BCUT2D eigenvalue weighted by molar-refractivity contribution is -0.210. The maximum absolute atomic E-state index is 13.8. The van der Waals surface area contributed by atoms with Crippen LogP contribution in [0.1, 0.15) is 18.0 Å². The van der Waals surface area contributed by atoms with E-state index in [0.717, 1.165) is 22.4 Å². The average molecular weight is 555 g/mol. The molecule has 0 unspecified atom stereocenters. The second-order valence-corrected chi connectivity index (χ2v) is 9.06. The molecule has 1 aliphatic rings. The number of nitrogens with zero attached hydrogens (tertiary/aromatic N) is 7. The molecule has 6 rings (SSSR count). The monoisotopic (exact) mass is 555 g/mol. The molecule has 0 bridgehead atoms. The van der Waals surface area contributed by atoms with Crippen molar-refractivity contribution >= 4 is 0 Å². The second kappa shape index (κ2) is 10.3. The van der Waals surface area contributed by atoms with Crippen molar-refractivity contribution in [3.05, 3.63) is 84.8 Å². The van der Waals surface area contributed by atoms with Gasteiger partial charge in [-0.2, -0.15) is 0 Å². The fraction of sp³-hybridized carbons (Fsp3) is 0.240. The van der Waals surface area contributed by atoms with Crippen molar-refractivity contribution in [2.45, 2.75) is 30.5 Å². The van der Waals surface area contributed by atoms with Gasteiger partial charge in [0.05, 0.1) is 19.0 Å². The Hall–Kier alpha value is -4.44. The predicted octanol–water partition coefficient (Wildman–Crippen LogP) is 1.99. The molecule has 1 fully saturated rings. The highest BCUT2D eigenvalue weighted by atomic mass is 19.2. The first-order valence-electron chi connectivity index (χ1n) is 11.9. The SMILES string of the molecule is OC[C@H]1O[C@@H](c2nncn2-c2ccc(-c3cnco3)cc2)[C@H](O)[C@@H](n2cc(-c3cc(F)c(F)c(F)c3)nn2)[C@H]1O. The fourth-order valence-electron chi connectivity index (χ4n) is 4.67. The molecule has 5 aromatic rings. The fourth-order valence-corrected chi connectivity index (χ4v) is 4.67. The topological polar surface area (TPSA) is 157 Å². The Labute approximate surface area is 222 Å². The average Bonchev–Trinajstić information content (AvgIpc) is 3.74. The van der Waals surface area contributed by atoms with Gasteiger partial charge < -0.3 is 24.5 Å². The van der Waals surface area contributed by atoms with Gasteiger partial charge in [-0.25, -0.2) is 22.8 Å². The van der Waals surface area contributed by atoms with Crippen LogP contribution in [-0.4, -0.2) is 75.0 Å². The maximum atomic E-state index is 13.8. The Bertz CT molecular complexity index is 1600. The molecule has 3 N–H and O–H groups in total. The van der Waals surface area contributed by atoms with E-state index >= 15 is 0 Å². The van der Waals surface area contributed by atoms with Crippen molar-refractivity contribution in [3.8, 4) is 28.3 Å². The Kier molecular flexibility index (Phi) is 6.63. The number of aliphatic hydroxyl groups is 3. The van der Waals surface area contributed by atoms with Crippen LogP contribution in [0, 0.1) is 17.5 Å². The van der Waals surface area contributed by atoms with E-state index in [-0.39, 0.29) is 17.1 Å². The molecule has 3 aromatic heterocycles. The molecule has 5 atom stereocenters. The Morgan fingerprint density at radius 2 is 1.70 bits per heavy atom. The third-order valence-corrected chi connectivity index (χ3v) is 6.68. The number of benzene rings is 2. The van der Waals surface area contributed by atoms with E-state index in [2.05, 4.69) is 25.5 Å². The molecule has 15 heteroatoms. The number of aliphatic hydroxyl groups excluding tert-OH is 3. The first kappa shape index (κ1) is 25.8.